The molecular formula is C19H20FN3O3S. The van der Waals surface area contributed by atoms with Gasteiger partial charge in [-0.15, -0.1) is 10.2 Å². The maximum atomic E-state index is 13.4. The van der Waals surface area contributed by atoms with E-state index in [2.05, 4.69) is 10.2 Å². The molecule has 0 amide bonds. The lowest BCUT2D eigenvalue weighted by atomic mass is 10.2. The standard InChI is InChI=1S/C19H20FN3O3S/c1-3-6-16(18(24)25-4-2)27-19-22-21-17(15-7-5-12-26-15)23(19)14-10-8-13(20)9-11-14/h5,7-12,16H,3-4,6H2,1-2H3/t16-/m0/s1. The molecule has 0 saturated heterocycles. The van der Waals surface area contributed by atoms with Crippen LogP contribution in [-0.2, 0) is 9.53 Å². The highest BCUT2D eigenvalue weighted by atomic mass is 32.2. The zero-order chi connectivity index (χ0) is 19.2. The predicted octanol–water partition coefficient (Wildman–Crippen LogP) is 4.49. The van der Waals surface area contributed by atoms with Crippen molar-refractivity contribution in [3.8, 4) is 17.3 Å². The van der Waals surface area contributed by atoms with Crippen LogP contribution < -0.4 is 0 Å². The van der Waals surface area contributed by atoms with Crippen molar-refractivity contribution in [2.45, 2.75) is 37.1 Å². The molecule has 3 aromatic rings. The molecule has 0 radical (unpaired) electrons. The molecule has 0 bridgehead atoms. The molecule has 0 unspecified atom stereocenters. The van der Waals surface area contributed by atoms with Crippen molar-refractivity contribution < 1.29 is 18.3 Å². The normalized spacial score (nSPS) is 12.1. The fourth-order valence-electron chi connectivity index (χ4n) is 2.58. The van der Waals surface area contributed by atoms with Crippen LogP contribution in [0.25, 0.3) is 17.3 Å². The van der Waals surface area contributed by atoms with Crippen molar-refractivity contribution in [2.75, 3.05) is 6.61 Å². The molecule has 0 fully saturated rings. The minimum atomic E-state index is -0.400. The van der Waals surface area contributed by atoms with Crippen LogP contribution in [0.2, 0.25) is 0 Å². The number of rotatable bonds is 8. The molecule has 6 nitrogen and oxygen atoms in total. The van der Waals surface area contributed by atoms with Crippen molar-refractivity contribution in [2.24, 2.45) is 0 Å². The molecule has 1 atom stereocenters. The van der Waals surface area contributed by atoms with Gasteiger partial charge in [0.15, 0.2) is 10.9 Å². The quantitative estimate of drug-likeness (QED) is 0.418. The van der Waals surface area contributed by atoms with Crippen molar-refractivity contribution in [1.29, 1.82) is 0 Å². The molecule has 0 aliphatic heterocycles. The SMILES string of the molecule is CCC[C@H](Sc1nnc(-c2ccco2)n1-c1ccc(F)cc1)C(=O)OCC. The Balaban J connectivity index is 2.02. The topological polar surface area (TPSA) is 70.2 Å². The highest BCUT2D eigenvalue weighted by Gasteiger charge is 2.26. The summed E-state index contributed by atoms with van der Waals surface area (Å²) in [6.07, 6.45) is 3.02. The van der Waals surface area contributed by atoms with Crippen molar-refractivity contribution in [1.82, 2.24) is 14.8 Å². The van der Waals surface area contributed by atoms with Crippen LogP contribution >= 0.6 is 11.8 Å². The number of benzene rings is 1. The van der Waals surface area contributed by atoms with Gasteiger partial charge in [-0.1, -0.05) is 25.1 Å². The Hall–Kier alpha value is -2.61. The molecule has 8 heteroatoms. The van der Waals surface area contributed by atoms with Crippen molar-refractivity contribution in [3.05, 3.63) is 48.5 Å². The molecular weight excluding hydrogens is 369 g/mol. The number of furan rings is 1. The smallest absolute Gasteiger partial charge is 0.319 e. The first-order chi connectivity index (χ1) is 13.1. The number of thioether (sulfide) groups is 1. The largest absolute Gasteiger partial charge is 0.465 e. The van der Waals surface area contributed by atoms with Crippen LogP contribution in [0.4, 0.5) is 4.39 Å². The van der Waals surface area contributed by atoms with E-state index in [-0.39, 0.29) is 11.8 Å². The Morgan fingerprint density at radius 1 is 1.26 bits per heavy atom. The number of ether oxygens (including phenoxy) is 1. The molecule has 1 aromatic carbocycles. The van der Waals surface area contributed by atoms with Gasteiger partial charge in [-0.2, -0.15) is 0 Å². The van der Waals surface area contributed by atoms with Gasteiger partial charge in [-0.05, 0) is 49.7 Å². The summed E-state index contributed by atoms with van der Waals surface area (Å²) >= 11 is 1.28. The number of carbonyl (C=O) groups is 1. The van der Waals surface area contributed by atoms with E-state index >= 15 is 0 Å². The average Bonchev–Trinajstić information content (AvgIpc) is 3.32. The molecule has 0 aliphatic carbocycles. The second kappa shape index (κ2) is 8.85. The molecule has 142 valence electrons. The molecule has 2 aromatic heterocycles. The number of nitrogens with zero attached hydrogens (tertiary/aromatic N) is 3. The van der Waals surface area contributed by atoms with Gasteiger partial charge in [0.25, 0.3) is 0 Å². The minimum Gasteiger partial charge on any atom is -0.465 e. The summed E-state index contributed by atoms with van der Waals surface area (Å²) in [4.78, 5) is 12.3. The van der Waals surface area contributed by atoms with E-state index in [1.54, 1.807) is 42.0 Å². The first-order valence-electron chi connectivity index (χ1n) is 8.72. The Morgan fingerprint density at radius 3 is 2.67 bits per heavy atom. The lowest BCUT2D eigenvalue weighted by Gasteiger charge is -2.15. The van der Waals surface area contributed by atoms with E-state index in [1.165, 1.54) is 23.9 Å². The van der Waals surface area contributed by atoms with Gasteiger partial charge in [0.05, 0.1) is 18.6 Å². The zero-order valence-electron chi connectivity index (χ0n) is 15.1. The number of aromatic nitrogens is 3. The number of hydrogen-bond acceptors (Lipinski definition) is 6. The van der Waals surface area contributed by atoms with Gasteiger partial charge in [-0.25, -0.2) is 4.39 Å². The maximum Gasteiger partial charge on any atom is 0.319 e. The monoisotopic (exact) mass is 389 g/mol. The van der Waals surface area contributed by atoms with Crippen molar-refractivity contribution in [3.63, 3.8) is 0 Å². The Bertz CT molecular complexity index is 878. The Kier molecular flexibility index (Phi) is 6.28. The van der Waals surface area contributed by atoms with Crippen LogP contribution in [0.1, 0.15) is 26.7 Å². The van der Waals surface area contributed by atoms with E-state index < -0.39 is 5.25 Å². The van der Waals surface area contributed by atoms with Crippen LogP contribution in [-0.4, -0.2) is 32.6 Å². The zero-order valence-corrected chi connectivity index (χ0v) is 15.9. The third kappa shape index (κ3) is 4.39. The van der Waals surface area contributed by atoms with E-state index in [0.29, 0.717) is 35.5 Å². The van der Waals surface area contributed by atoms with Gasteiger partial charge in [0, 0.05) is 0 Å². The predicted molar refractivity (Wildman–Crippen MR) is 100 cm³/mol. The first kappa shape index (κ1) is 19.2. The molecule has 0 saturated carbocycles. The molecule has 3 rings (SSSR count). The lowest BCUT2D eigenvalue weighted by molar-refractivity contribution is -0.142. The van der Waals surface area contributed by atoms with Crippen molar-refractivity contribution >= 4 is 17.7 Å². The summed E-state index contributed by atoms with van der Waals surface area (Å²) < 4.78 is 25.8. The summed E-state index contributed by atoms with van der Waals surface area (Å²) in [7, 11) is 0. The van der Waals surface area contributed by atoms with Gasteiger partial charge in [-0.3, -0.25) is 9.36 Å². The second-order valence-corrected chi connectivity index (χ2v) is 6.91. The number of halogens is 1. The molecule has 0 spiro atoms. The molecule has 27 heavy (non-hydrogen) atoms. The fraction of sp³-hybridized carbons (Fsp3) is 0.316. The van der Waals surface area contributed by atoms with E-state index in [1.807, 2.05) is 6.92 Å². The number of esters is 1. The summed E-state index contributed by atoms with van der Waals surface area (Å²) in [6.45, 7) is 4.11. The van der Waals surface area contributed by atoms with Crippen LogP contribution in [0, 0.1) is 5.82 Å². The van der Waals surface area contributed by atoms with E-state index in [9.17, 15) is 9.18 Å². The van der Waals surface area contributed by atoms with Crippen LogP contribution in [0.5, 0.6) is 0 Å². The Labute approximate surface area is 160 Å². The number of carbonyl (C=O) groups excluding carboxylic acids is 1. The lowest BCUT2D eigenvalue weighted by Crippen LogP contribution is -2.20. The average molecular weight is 389 g/mol. The number of hydrogen-bond donors (Lipinski definition) is 0. The van der Waals surface area contributed by atoms with Gasteiger partial charge in [0.1, 0.15) is 11.1 Å². The van der Waals surface area contributed by atoms with Crippen LogP contribution in [0.3, 0.4) is 0 Å². The van der Waals surface area contributed by atoms with Gasteiger partial charge < -0.3 is 9.15 Å². The molecule has 0 N–H and O–H groups in total. The maximum absolute atomic E-state index is 13.4. The second-order valence-electron chi connectivity index (χ2n) is 5.74. The van der Waals surface area contributed by atoms with Gasteiger partial charge >= 0.3 is 5.97 Å². The highest BCUT2D eigenvalue weighted by Crippen LogP contribution is 2.32. The third-order valence-corrected chi connectivity index (χ3v) is 5.00. The highest BCUT2D eigenvalue weighted by molar-refractivity contribution is 8.00. The van der Waals surface area contributed by atoms with Gasteiger partial charge in [0.2, 0.25) is 5.82 Å². The summed E-state index contributed by atoms with van der Waals surface area (Å²) in [5, 5.41) is 8.59. The molecule has 0 aliphatic rings. The third-order valence-electron chi connectivity index (χ3n) is 3.81. The minimum absolute atomic E-state index is 0.280. The Morgan fingerprint density at radius 2 is 2.04 bits per heavy atom. The fourth-order valence-corrected chi connectivity index (χ4v) is 3.74. The molecule has 2 heterocycles. The summed E-state index contributed by atoms with van der Waals surface area (Å²) in [5.74, 6) is 0.392. The van der Waals surface area contributed by atoms with E-state index in [4.69, 9.17) is 9.15 Å². The van der Waals surface area contributed by atoms with E-state index in [0.717, 1.165) is 6.42 Å². The summed E-state index contributed by atoms with van der Waals surface area (Å²) in [5.41, 5.74) is 0.675. The summed E-state index contributed by atoms with van der Waals surface area (Å²) in [6, 6.07) is 9.52. The first-order valence-corrected chi connectivity index (χ1v) is 9.60. The van der Waals surface area contributed by atoms with Crippen LogP contribution in [0.15, 0.2) is 52.2 Å².